The van der Waals surface area contributed by atoms with Crippen molar-refractivity contribution in [2.75, 3.05) is 7.11 Å². The summed E-state index contributed by atoms with van der Waals surface area (Å²) in [7, 11) is 1.67. The Morgan fingerprint density at radius 2 is 1.75 bits per heavy atom. The Balaban J connectivity index is 0.000000606. The quantitative estimate of drug-likeness (QED) is 0.723. The number of methoxy groups -OCH3 is 1. The summed E-state index contributed by atoms with van der Waals surface area (Å²) in [5.41, 5.74) is 3.31. The van der Waals surface area contributed by atoms with Gasteiger partial charge in [-0.05, 0) is 37.6 Å². The monoisotopic (exact) mass is 217 g/mol. The van der Waals surface area contributed by atoms with E-state index in [0.717, 1.165) is 17.0 Å². The van der Waals surface area contributed by atoms with E-state index in [4.69, 9.17) is 4.74 Å². The number of nitrogens with zero attached hydrogens (tertiary/aromatic N) is 1. The predicted octanol–water partition coefficient (Wildman–Crippen LogP) is 3.89. The number of hydrogen-bond acceptors (Lipinski definition) is 2. The molecule has 86 valence electrons. The predicted molar refractivity (Wildman–Crippen MR) is 69.1 cm³/mol. The van der Waals surface area contributed by atoms with Crippen molar-refractivity contribution in [3.63, 3.8) is 0 Å². The third kappa shape index (κ3) is 2.51. The van der Waals surface area contributed by atoms with Crippen LogP contribution in [0.2, 0.25) is 0 Å². The highest BCUT2D eigenvalue weighted by molar-refractivity contribution is 5.83. The van der Waals surface area contributed by atoms with Crippen LogP contribution in [0.15, 0.2) is 24.3 Å². The first kappa shape index (κ1) is 12.5. The summed E-state index contributed by atoms with van der Waals surface area (Å²) in [4.78, 5) is 4.47. The molecular formula is C14H19NO. The van der Waals surface area contributed by atoms with Gasteiger partial charge in [0.1, 0.15) is 5.75 Å². The van der Waals surface area contributed by atoms with Crippen LogP contribution in [-0.2, 0) is 0 Å². The Morgan fingerprint density at radius 3 is 2.38 bits per heavy atom. The van der Waals surface area contributed by atoms with Crippen LogP contribution in [0.1, 0.15) is 25.1 Å². The molecule has 1 aromatic carbocycles. The first-order valence-electron chi connectivity index (χ1n) is 5.62. The maximum Gasteiger partial charge on any atom is 0.121 e. The maximum absolute atomic E-state index is 5.16. The average Bonchev–Trinajstić information content (AvgIpc) is 2.30. The fourth-order valence-electron chi connectivity index (χ4n) is 1.68. The first-order chi connectivity index (χ1) is 7.70. The molecule has 1 heterocycles. The molecular weight excluding hydrogens is 198 g/mol. The SMILES string of the molecule is CC.COc1ccc2c(C)cc(C)nc2c1. The number of benzene rings is 1. The molecule has 1 aromatic heterocycles. The topological polar surface area (TPSA) is 22.1 Å². The second-order valence-electron chi connectivity index (χ2n) is 3.46. The second kappa shape index (κ2) is 5.50. The number of hydrogen-bond donors (Lipinski definition) is 0. The zero-order valence-corrected chi connectivity index (χ0v) is 10.7. The molecule has 2 nitrogen and oxygen atoms in total. The zero-order chi connectivity index (χ0) is 12.1. The van der Waals surface area contributed by atoms with Gasteiger partial charge in [-0.2, -0.15) is 0 Å². The van der Waals surface area contributed by atoms with Crippen LogP contribution < -0.4 is 4.74 Å². The Bertz CT molecular complexity index is 477. The van der Waals surface area contributed by atoms with Crippen LogP contribution in [0, 0.1) is 13.8 Å². The van der Waals surface area contributed by atoms with E-state index in [0.29, 0.717) is 0 Å². The molecule has 0 atom stereocenters. The van der Waals surface area contributed by atoms with Crippen LogP contribution >= 0.6 is 0 Å². The number of fused-ring (bicyclic) bond motifs is 1. The van der Waals surface area contributed by atoms with Crippen molar-refractivity contribution in [3.8, 4) is 5.75 Å². The van der Waals surface area contributed by atoms with Crippen molar-refractivity contribution in [2.45, 2.75) is 27.7 Å². The van der Waals surface area contributed by atoms with Crippen LogP contribution in [0.3, 0.4) is 0 Å². The second-order valence-corrected chi connectivity index (χ2v) is 3.46. The number of rotatable bonds is 1. The standard InChI is InChI=1S/C12H13NO.C2H6/c1-8-6-9(2)13-12-7-10(14-3)4-5-11(8)12;1-2/h4-7H,1-3H3;1-2H3. The maximum atomic E-state index is 5.16. The molecule has 16 heavy (non-hydrogen) atoms. The van der Waals surface area contributed by atoms with E-state index >= 15 is 0 Å². The molecule has 0 saturated carbocycles. The number of aryl methyl sites for hydroxylation is 2. The van der Waals surface area contributed by atoms with Gasteiger partial charge in [-0.1, -0.05) is 13.8 Å². The average molecular weight is 217 g/mol. The number of aromatic nitrogens is 1. The van der Waals surface area contributed by atoms with E-state index in [9.17, 15) is 0 Å². The minimum absolute atomic E-state index is 0.856. The van der Waals surface area contributed by atoms with Gasteiger partial charge in [0.2, 0.25) is 0 Å². The summed E-state index contributed by atoms with van der Waals surface area (Å²) in [5.74, 6) is 0.856. The third-order valence-electron chi connectivity index (χ3n) is 2.35. The van der Waals surface area contributed by atoms with Gasteiger partial charge < -0.3 is 4.74 Å². The van der Waals surface area contributed by atoms with Gasteiger partial charge in [0.05, 0.1) is 12.6 Å². The van der Waals surface area contributed by atoms with Crippen LogP contribution in [0.5, 0.6) is 5.75 Å². The van der Waals surface area contributed by atoms with Crippen molar-refractivity contribution < 1.29 is 4.74 Å². The fraction of sp³-hybridized carbons (Fsp3) is 0.357. The molecule has 0 aliphatic heterocycles. The van der Waals surface area contributed by atoms with E-state index in [1.165, 1.54) is 10.9 Å². The molecule has 2 aromatic rings. The van der Waals surface area contributed by atoms with Crippen molar-refractivity contribution in [2.24, 2.45) is 0 Å². The molecule has 0 amide bonds. The van der Waals surface area contributed by atoms with E-state index in [1.54, 1.807) is 7.11 Å². The van der Waals surface area contributed by atoms with E-state index in [1.807, 2.05) is 32.9 Å². The highest BCUT2D eigenvalue weighted by atomic mass is 16.5. The van der Waals surface area contributed by atoms with Crippen LogP contribution in [0.4, 0.5) is 0 Å². The zero-order valence-electron chi connectivity index (χ0n) is 10.7. The molecule has 0 aliphatic rings. The summed E-state index contributed by atoms with van der Waals surface area (Å²) < 4.78 is 5.16. The lowest BCUT2D eigenvalue weighted by molar-refractivity contribution is 0.415. The first-order valence-corrected chi connectivity index (χ1v) is 5.62. The molecule has 0 saturated heterocycles. The Morgan fingerprint density at radius 1 is 1.06 bits per heavy atom. The third-order valence-corrected chi connectivity index (χ3v) is 2.35. The van der Waals surface area contributed by atoms with E-state index in [-0.39, 0.29) is 0 Å². The van der Waals surface area contributed by atoms with E-state index < -0.39 is 0 Å². The molecule has 0 spiro atoms. The lowest BCUT2D eigenvalue weighted by atomic mass is 10.1. The Labute approximate surface area is 97.3 Å². The molecule has 2 heteroatoms. The van der Waals surface area contributed by atoms with Crippen LogP contribution in [0.25, 0.3) is 10.9 Å². The van der Waals surface area contributed by atoms with Crippen LogP contribution in [-0.4, -0.2) is 12.1 Å². The molecule has 0 unspecified atom stereocenters. The lowest BCUT2D eigenvalue weighted by Crippen LogP contribution is -1.89. The normalized spacial score (nSPS) is 9.56. The van der Waals surface area contributed by atoms with E-state index in [2.05, 4.69) is 24.0 Å². The molecule has 0 N–H and O–H groups in total. The van der Waals surface area contributed by atoms with Gasteiger partial charge in [-0.25, -0.2) is 0 Å². The molecule has 0 fully saturated rings. The molecule has 2 rings (SSSR count). The van der Waals surface area contributed by atoms with Gasteiger partial charge in [-0.3, -0.25) is 4.98 Å². The van der Waals surface area contributed by atoms with Crippen molar-refractivity contribution in [3.05, 3.63) is 35.5 Å². The van der Waals surface area contributed by atoms with Crippen molar-refractivity contribution in [1.29, 1.82) is 0 Å². The smallest absolute Gasteiger partial charge is 0.121 e. The Hall–Kier alpha value is -1.57. The van der Waals surface area contributed by atoms with Crippen molar-refractivity contribution >= 4 is 10.9 Å². The minimum atomic E-state index is 0.856. The highest BCUT2D eigenvalue weighted by Crippen LogP contribution is 2.22. The number of pyridine rings is 1. The summed E-state index contributed by atoms with van der Waals surface area (Å²) in [6.45, 7) is 8.11. The van der Waals surface area contributed by atoms with Gasteiger partial charge in [0.25, 0.3) is 0 Å². The fourth-order valence-corrected chi connectivity index (χ4v) is 1.68. The van der Waals surface area contributed by atoms with Crippen molar-refractivity contribution in [1.82, 2.24) is 4.98 Å². The summed E-state index contributed by atoms with van der Waals surface area (Å²) in [6.07, 6.45) is 0. The molecule has 0 aliphatic carbocycles. The highest BCUT2D eigenvalue weighted by Gasteiger charge is 2.01. The molecule has 0 bridgehead atoms. The van der Waals surface area contributed by atoms with Gasteiger partial charge in [0.15, 0.2) is 0 Å². The van der Waals surface area contributed by atoms with Gasteiger partial charge in [-0.15, -0.1) is 0 Å². The summed E-state index contributed by atoms with van der Waals surface area (Å²) in [5, 5.41) is 1.19. The van der Waals surface area contributed by atoms with Gasteiger partial charge >= 0.3 is 0 Å². The summed E-state index contributed by atoms with van der Waals surface area (Å²) in [6, 6.07) is 8.08. The van der Waals surface area contributed by atoms with Gasteiger partial charge in [0, 0.05) is 17.1 Å². The largest absolute Gasteiger partial charge is 0.497 e. The number of ether oxygens (including phenoxy) is 1. The Kier molecular flexibility index (Phi) is 4.29. The molecule has 0 radical (unpaired) electrons. The minimum Gasteiger partial charge on any atom is -0.497 e. The summed E-state index contributed by atoms with van der Waals surface area (Å²) >= 11 is 0. The lowest BCUT2D eigenvalue weighted by Gasteiger charge is -2.05.